The van der Waals surface area contributed by atoms with Gasteiger partial charge in [-0.1, -0.05) is 72.3 Å². The normalized spacial score (nSPS) is 14.2. The Morgan fingerprint density at radius 1 is 0.892 bits per heavy atom. The van der Waals surface area contributed by atoms with Crippen molar-refractivity contribution in [3.05, 3.63) is 130 Å². The fourth-order valence-electron chi connectivity index (χ4n) is 4.19. The highest BCUT2D eigenvalue weighted by molar-refractivity contribution is 7.97. The Kier molecular flexibility index (Phi) is 6.74. The highest BCUT2D eigenvalue weighted by Gasteiger charge is 2.39. The summed E-state index contributed by atoms with van der Waals surface area (Å²) in [6.45, 7) is 0.409. The molecule has 0 radical (unpaired) electrons. The number of anilines is 2. The minimum Gasteiger partial charge on any atom is -0.489 e. The maximum absolute atomic E-state index is 13.6. The molecule has 4 aromatic carbocycles. The first-order valence-corrected chi connectivity index (χ1v) is 13.3. The molecule has 186 valence electrons. The number of hydrogen-bond acceptors (Lipinski definition) is 4. The lowest BCUT2D eigenvalue weighted by atomic mass is 9.95. The van der Waals surface area contributed by atoms with Crippen LogP contribution < -0.4 is 14.4 Å². The predicted molar refractivity (Wildman–Crippen MR) is 147 cm³/mol. The Bertz CT molecular complexity index is 1590. The second-order valence-corrected chi connectivity index (χ2v) is 10.8. The van der Waals surface area contributed by atoms with Gasteiger partial charge >= 0.3 is 0 Å². The van der Waals surface area contributed by atoms with E-state index in [-0.39, 0.29) is 4.91 Å². The number of ether oxygens (including phenoxy) is 1. The molecule has 37 heavy (non-hydrogen) atoms. The molecular formula is C29H23ClN2O4S. The fraction of sp³-hybridized carbons (Fsp3) is 0.0690. The quantitative estimate of drug-likeness (QED) is 0.327. The molecule has 1 heterocycles. The number of benzene rings is 4. The summed E-state index contributed by atoms with van der Waals surface area (Å²) in [5.41, 5.74) is 3.37. The summed E-state index contributed by atoms with van der Waals surface area (Å²) in [5, 5.41) is 3.18. The van der Waals surface area contributed by atoms with Crippen molar-refractivity contribution in [2.45, 2.75) is 6.61 Å². The molecule has 1 N–H and O–H groups in total. The van der Waals surface area contributed by atoms with Crippen LogP contribution in [0.15, 0.2) is 108 Å². The Balaban J connectivity index is 1.49. The van der Waals surface area contributed by atoms with Gasteiger partial charge in [-0.2, -0.15) is 0 Å². The van der Waals surface area contributed by atoms with Crippen molar-refractivity contribution < 1.29 is 17.9 Å². The van der Waals surface area contributed by atoms with Crippen LogP contribution in [0, 0.1) is 0 Å². The van der Waals surface area contributed by atoms with Gasteiger partial charge in [0.15, 0.2) is 4.91 Å². The van der Waals surface area contributed by atoms with E-state index in [1.165, 1.54) is 7.05 Å². The van der Waals surface area contributed by atoms with E-state index in [4.69, 9.17) is 16.3 Å². The largest absolute Gasteiger partial charge is 0.489 e. The van der Waals surface area contributed by atoms with Crippen molar-refractivity contribution in [1.82, 2.24) is 0 Å². The number of hydrogen-bond donors (Lipinski definition) is 1. The van der Waals surface area contributed by atoms with E-state index in [9.17, 15) is 13.2 Å². The highest BCUT2D eigenvalue weighted by Crippen LogP contribution is 2.43. The third kappa shape index (κ3) is 4.96. The van der Waals surface area contributed by atoms with Crippen molar-refractivity contribution in [2.24, 2.45) is 0 Å². The average Bonchev–Trinajstić information content (AvgIpc) is 2.91. The van der Waals surface area contributed by atoms with Crippen LogP contribution in [0.3, 0.4) is 0 Å². The molecule has 1 aliphatic rings. The van der Waals surface area contributed by atoms with Crippen molar-refractivity contribution in [3.63, 3.8) is 0 Å². The number of rotatable bonds is 6. The Morgan fingerprint density at radius 3 is 2.22 bits per heavy atom. The predicted octanol–water partition coefficient (Wildman–Crippen LogP) is 6.10. The van der Waals surface area contributed by atoms with Crippen molar-refractivity contribution in [1.29, 1.82) is 0 Å². The SMILES string of the molecule is CN1c2ccc(Cl)cc2C(c2ccccc2)=C(C(=O)Nc2ccc(OCc3ccccc3)cc2)S1(=O)=O. The van der Waals surface area contributed by atoms with Crippen LogP contribution >= 0.6 is 11.6 Å². The van der Waals surface area contributed by atoms with Crippen molar-refractivity contribution in [2.75, 3.05) is 16.7 Å². The smallest absolute Gasteiger partial charge is 0.270 e. The minimum atomic E-state index is -4.16. The van der Waals surface area contributed by atoms with Crippen LogP contribution in [0.2, 0.25) is 5.02 Å². The number of amides is 1. The molecule has 4 aromatic rings. The first-order valence-electron chi connectivity index (χ1n) is 11.5. The second kappa shape index (κ2) is 10.1. The molecule has 0 atom stereocenters. The summed E-state index contributed by atoms with van der Waals surface area (Å²) < 4.78 is 34.1. The Labute approximate surface area is 220 Å². The van der Waals surface area contributed by atoms with E-state index in [0.29, 0.717) is 45.5 Å². The van der Waals surface area contributed by atoms with Gasteiger partial charge in [0, 0.05) is 28.9 Å². The Hall–Kier alpha value is -4.07. The lowest BCUT2D eigenvalue weighted by Crippen LogP contribution is -2.37. The summed E-state index contributed by atoms with van der Waals surface area (Å²) >= 11 is 6.28. The van der Waals surface area contributed by atoms with Crippen LogP contribution in [-0.2, 0) is 21.4 Å². The van der Waals surface area contributed by atoms with E-state index in [1.807, 2.05) is 36.4 Å². The maximum atomic E-state index is 13.6. The zero-order valence-electron chi connectivity index (χ0n) is 19.9. The lowest BCUT2D eigenvalue weighted by molar-refractivity contribution is -0.112. The molecule has 0 fully saturated rings. The number of carbonyl (C=O) groups excluding carboxylic acids is 1. The zero-order chi connectivity index (χ0) is 26.0. The van der Waals surface area contributed by atoms with Gasteiger partial charge in [0.25, 0.3) is 15.9 Å². The molecule has 0 saturated heterocycles. The molecule has 6 nitrogen and oxygen atoms in total. The van der Waals surface area contributed by atoms with Gasteiger partial charge in [-0.05, 0) is 53.6 Å². The van der Waals surface area contributed by atoms with E-state index in [0.717, 1.165) is 9.87 Å². The van der Waals surface area contributed by atoms with Gasteiger partial charge in [0.2, 0.25) is 0 Å². The number of fused-ring (bicyclic) bond motifs is 1. The zero-order valence-corrected chi connectivity index (χ0v) is 21.5. The second-order valence-electron chi connectivity index (χ2n) is 8.46. The summed E-state index contributed by atoms with van der Waals surface area (Å²) in [4.78, 5) is 13.2. The summed E-state index contributed by atoms with van der Waals surface area (Å²) in [5.74, 6) is -0.117. The first kappa shape index (κ1) is 24.6. The molecule has 0 aliphatic carbocycles. The molecule has 0 aromatic heterocycles. The Morgan fingerprint density at radius 2 is 1.54 bits per heavy atom. The van der Waals surface area contributed by atoms with Crippen molar-refractivity contribution in [3.8, 4) is 5.75 Å². The molecular weight excluding hydrogens is 508 g/mol. The average molecular weight is 531 g/mol. The number of nitrogens with one attached hydrogen (secondary N) is 1. The monoisotopic (exact) mass is 530 g/mol. The molecule has 5 rings (SSSR count). The van der Waals surface area contributed by atoms with E-state index in [2.05, 4.69) is 5.32 Å². The van der Waals surface area contributed by atoms with Gasteiger partial charge in [-0.25, -0.2) is 8.42 Å². The highest BCUT2D eigenvalue weighted by atomic mass is 35.5. The number of halogens is 1. The summed E-state index contributed by atoms with van der Waals surface area (Å²) in [6, 6.07) is 30.5. The third-order valence-corrected chi connectivity index (χ3v) is 8.10. The van der Waals surface area contributed by atoms with E-state index in [1.54, 1.807) is 66.7 Å². The van der Waals surface area contributed by atoms with Gasteiger partial charge in [0.1, 0.15) is 12.4 Å². The summed E-state index contributed by atoms with van der Waals surface area (Å²) in [7, 11) is -2.73. The van der Waals surface area contributed by atoms with Crippen LogP contribution in [0.1, 0.15) is 16.7 Å². The van der Waals surface area contributed by atoms with Crippen LogP contribution in [0.4, 0.5) is 11.4 Å². The van der Waals surface area contributed by atoms with Crippen LogP contribution in [-0.4, -0.2) is 21.4 Å². The first-order chi connectivity index (χ1) is 17.8. The molecule has 0 saturated carbocycles. The van der Waals surface area contributed by atoms with Crippen molar-refractivity contribution >= 4 is 44.5 Å². The van der Waals surface area contributed by atoms with E-state index >= 15 is 0 Å². The van der Waals surface area contributed by atoms with Gasteiger partial charge in [-0.3, -0.25) is 9.10 Å². The third-order valence-electron chi connectivity index (χ3n) is 6.04. The molecule has 1 amide bonds. The molecule has 0 spiro atoms. The fourth-order valence-corrected chi connectivity index (χ4v) is 5.82. The van der Waals surface area contributed by atoms with Gasteiger partial charge < -0.3 is 10.1 Å². The van der Waals surface area contributed by atoms with Gasteiger partial charge in [0.05, 0.1) is 5.69 Å². The van der Waals surface area contributed by atoms with E-state index < -0.39 is 15.9 Å². The van der Waals surface area contributed by atoms with Crippen LogP contribution in [0.25, 0.3) is 5.57 Å². The van der Waals surface area contributed by atoms with Gasteiger partial charge in [-0.15, -0.1) is 0 Å². The molecule has 0 bridgehead atoms. The molecule has 8 heteroatoms. The molecule has 0 unspecified atom stereocenters. The van der Waals surface area contributed by atoms with Crippen LogP contribution in [0.5, 0.6) is 5.75 Å². The lowest BCUT2D eigenvalue weighted by Gasteiger charge is -2.31. The number of nitrogens with zero attached hydrogens (tertiary/aromatic N) is 1. The maximum Gasteiger partial charge on any atom is 0.270 e. The molecule has 1 aliphatic heterocycles. The topological polar surface area (TPSA) is 75.7 Å². The number of carbonyl (C=O) groups is 1. The standard InChI is InChI=1S/C29H23ClN2O4S/c1-32-26-17-12-22(30)18-25(26)27(21-10-6-3-7-11-21)28(37(32,34)35)29(33)31-23-13-15-24(16-14-23)36-19-20-8-4-2-5-9-20/h2-18H,19H2,1H3,(H,31,33). The summed E-state index contributed by atoms with van der Waals surface area (Å²) in [6.07, 6.45) is 0. The minimum absolute atomic E-state index is 0.302. The number of sulfonamides is 1.